The Morgan fingerprint density at radius 3 is 1.57 bits per heavy atom. The second-order valence-corrected chi connectivity index (χ2v) is 18.7. The van der Waals surface area contributed by atoms with Gasteiger partial charge in [-0.05, 0) is 77.7 Å². The molecular formula is C65H44N4S. The summed E-state index contributed by atoms with van der Waals surface area (Å²) in [6.07, 6.45) is 6.17. The SMILES string of the molecule is C=Cc1sc2c(-c3cc(-c4ccccc4)c(-n4c5ccc(-n6c7ccccc7c7ccccc76)cc5c5c(-c6ccccc6)cccc54)c(-c4ccccc4)c3)nc(-c3ccccc3)nc2c1/C=C\C. The van der Waals surface area contributed by atoms with Crippen molar-refractivity contribution >= 4 is 77.3 Å². The van der Waals surface area contributed by atoms with Crippen LogP contribution in [0.2, 0.25) is 0 Å². The molecule has 0 saturated heterocycles. The van der Waals surface area contributed by atoms with Crippen LogP contribution >= 0.6 is 11.3 Å². The monoisotopic (exact) mass is 912 g/mol. The van der Waals surface area contributed by atoms with Crippen molar-refractivity contribution in [1.82, 2.24) is 19.1 Å². The molecule has 0 saturated carbocycles. The van der Waals surface area contributed by atoms with Crippen LogP contribution in [-0.4, -0.2) is 19.1 Å². The van der Waals surface area contributed by atoms with E-state index >= 15 is 0 Å². The molecule has 0 atom stereocenters. The molecule has 0 N–H and O–H groups in total. The van der Waals surface area contributed by atoms with E-state index in [1.165, 1.54) is 43.7 Å². The Morgan fingerprint density at radius 1 is 0.457 bits per heavy atom. The number of hydrogen-bond acceptors (Lipinski definition) is 3. The molecule has 4 nitrogen and oxygen atoms in total. The average Bonchev–Trinajstić information content (AvgIpc) is 4.08. The van der Waals surface area contributed by atoms with Crippen molar-refractivity contribution in [2.75, 3.05) is 0 Å². The summed E-state index contributed by atoms with van der Waals surface area (Å²) in [6.45, 7) is 6.30. The fourth-order valence-electron chi connectivity index (χ4n) is 10.6. The van der Waals surface area contributed by atoms with E-state index < -0.39 is 0 Å². The first-order chi connectivity index (χ1) is 34.7. The lowest BCUT2D eigenvalue weighted by Crippen LogP contribution is -2.03. The Morgan fingerprint density at radius 2 is 0.986 bits per heavy atom. The standard InChI is InChI=1S/C65H44N4S/c1-3-22-51-59(4-2)70-64-61(66-65(67-62(51)64)45-29-15-8-16-30-45)46-39-52(43-25-11-6-12-26-43)63(53(40-46)44-27-13-7-14-28-44)69-57-38-37-47(68-55-34-19-17-31-49(55)50-32-18-20-35-56(50)68)41-54(57)60-48(33-21-36-58(60)69)42-23-9-5-10-24-42/h3-41H,2H2,1H3/b22-3-. The Kier molecular flexibility index (Phi) is 10.0. The Bertz CT molecular complexity index is 4070. The summed E-state index contributed by atoms with van der Waals surface area (Å²) < 4.78 is 5.97. The summed E-state index contributed by atoms with van der Waals surface area (Å²) in [5.41, 5.74) is 18.4. The van der Waals surface area contributed by atoms with Crippen LogP contribution in [0, 0.1) is 0 Å². The van der Waals surface area contributed by atoms with Gasteiger partial charge in [0, 0.05) is 59.9 Å². The van der Waals surface area contributed by atoms with E-state index in [9.17, 15) is 0 Å². The predicted molar refractivity (Wildman–Crippen MR) is 298 cm³/mol. The molecule has 13 rings (SSSR count). The zero-order valence-electron chi connectivity index (χ0n) is 38.4. The van der Waals surface area contributed by atoms with E-state index in [0.717, 1.165) is 82.1 Å². The molecule has 0 aliphatic carbocycles. The van der Waals surface area contributed by atoms with Gasteiger partial charge in [-0.3, -0.25) is 0 Å². The quantitative estimate of drug-likeness (QED) is 0.145. The molecule has 9 aromatic carbocycles. The third-order valence-corrected chi connectivity index (χ3v) is 14.8. The molecule has 0 unspecified atom stereocenters. The zero-order valence-corrected chi connectivity index (χ0v) is 39.2. The van der Waals surface area contributed by atoms with Crippen molar-refractivity contribution in [1.29, 1.82) is 0 Å². The topological polar surface area (TPSA) is 35.6 Å². The Labute approximate surface area is 410 Å². The molecule has 0 aliphatic rings. The van der Waals surface area contributed by atoms with Gasteiger partial charge in [-0.2, -0.15) is 0 Å². The third-order valence-electron chi connectivity index (χ3n) is 13.6. The summed E-state index contributed by atoms with van der Waals surface area (Å²) in [4.78, 5) is 11.9. The molecule has 5 heteroatoms. The smallest absolute Gasteiger partial charge is 0.160 e. The van der Waals surface area contributed by atoms with Gasteiger partial charge in [0.2, 0.25) is 0 Å². The van der Waals surface area contributed by atoms with E-state index in [4.69, 9.17) is 9.97 Å². The second-order valence-electron chi connectivity index (χ2n) is 17.6. The van der Waals surface area contributed by atoms with Crippen molar-refractivity contribution in [3.05, 3.63) is 241 Å². The van der Waals surface area contributed by atoms with Gasteiger partial charge in [-0.15, -0.1) is 11.3 Å². The van der Waals surface area contributed by atoms with Crippen LogP contribution in [0.3, 0.4) is 0 Å². The van der Waals surface area contributed by atoms with E-state index in [1.807, 2.05) is 12.1 Å². The number of thiophene rings is 1. The van der Waals surface area contributed by atoms with Crippen molar-refractivity contribution in [3.63, 3.8) is 0 Å². The van der Waals surface area contributed by atoms with E-state index in [1.54, 1.807) is 11.3 Å². The van der Waals surface area contributed by atoms with E-state index in [-0.39, 0.29) is 0 Å². The Hall–Kier alpha value is -8.90. The highest BCUT2D eigenvalue weighted by atomic mass is 32.1. The molecule has 0 fully saturated rings. The highest BCUT2D eigenvalue weighted by Gasteiger charge is 2.26. The minimum Gasteiger partial charge on any atom is -0.309 e. The van der Waals surface area contributed by atoms with Crippen molar-refractivity contribution in [3.8, 4) is 67.4 Å². The van der Waals surface area contributed by atoms with Gasteiger partial charge >= 0.3 is 0 Å². The van der Waals surface area contributed by atoms with Crippen LogP contribution in [0.4, 0.5) is 0 Å². The second kappa shape index (κ2) is 17.0. The van der Waals surface area contributed by atoms with Gasteiger partial charge in [0.1, 0.15) is 0 Å². The lowest BCUT2D eigenvalue weighted by atomic mass is 9.91. The first-order valence-electron chi connectivity index (χ1n) is 23.7. The summed E-state index contributed by atoms with van der Waals surface area (Å²) in [5.74, 6) is 0.684. The van der Waals surface area contributed by atoms with Gasteiger partial charge in [-0.1, -0.05) is 195 Å². The fourth-order valence-corrected chi connectivity index (χ4v) is 11.7. The maximum Gasteiger partial charge on any atom is 0.160 e. The normalized spacial score (nSPS) is 11.8. The number of allylic oxidation sites excluding steroid dienone is 1. The van der Waals surface area contributed by atoms with Gasteiger partial charge in [0.05, 0.1) is 43.7 Å². The number of benzene rings is 9. The average molecular weight is 913 g/mol. The van der Waals surface area contributed by atoms with E-state index in [0.29, 0.717) is 5.82 Å². The fraction of sp³-hybridized carbons (Fsp3) is 0.0154. The number of para-hydroxylation sites is 2. The molecule has 4 aromatic heterocycles. The van der Waals surface area contributed by atoms with Crippen molar-refractivity contribution < 1.29 is 0 Å². The van der Waals surface area contributed by atoms with Crippen LogP contribution < -0.4 is 0 Å². The van der Waals surface area contributed by atoms with Crippen LogP contribution in [0.15, 0.2) is 231 Å². The number of rotatable bonds is 9. The molecule has 0 amide bonds. The van der Waals surface area contributed by atoms with E-state index in [2.05, 4.69) is 247 Å². The van der Waals surface area contributed by atoms with Crippen molar-refractivity contribution in [2.45, 2.75) is 6.92 Å². The minimum absolute atomic E-state index is 0.684. The predicted octanol–water partition coefficient (Wildman–Crippen LogP) is 17.9. The number of nitrogens with zero attached hydrogens (tertiary/aromatic N) is 4. The Balaban J connectivity index is 1.17. The summed E-state index contributed by atoms with van der Waals surface area (Å²) >= 11 is 1.70. The summed E-state index contributed by atoms with van der Waals surface area (Å²) in [6, 6.07) is 78.9. The largest absolute Gasteiger partial charge is 0.309 e. The minimum atomic E-state index is 0.684. The van der Waals surface area contributed by atoms with Crippen LogP contribution in [0.1, 0.15) is 17.4 Å². The molecule has 0 spiro atoms. The molecular weight excluding hydrogens is 869 g/mol. The third kappa shape index (κ3) is 6.66. The number of aromatic nitrogens is 4. The van der Waals surface area contributed by atoms with Gasteiger partial charge in [0.25, 0.3) is 0 Å². The first kappa shape index (κ1) is 41.3. The maximum atomic E-state index is 5.51. The molecule has 330 valence electrons. The van der Waals surface area contributed by atoms with Gasteiger partial charge in [0.15, 0.2) is 5.82 Å². The maximum absolute atomic E-state index is 5.51. The molecule has 4 heterocycles. The summed E-state index contributed by atoms with van der Waals surface area (Å²) in [7, 11) is 0. The van der Waals surface area contributed by atoms with Crippen LogP contribution in [-0.2, 0) is 0 Å². The lowest BCUT2D eigenvalue weighted by Gasteiger charge is -2.21. The van der Waals surface area contributed by atoms with Gasteiger partial charge < -0.3 is 9.13 Å². The first-order valence-corrected chi connectivity index (χ1v) is 24.5. The van der Waals surface area contributed by atoms with Crippen LogP contribution in [0.25, 0.3) is 133 Å². The zero-order chi connectivity index (χ0) is 46.7. The molecule has 70 heavy (non-hydrogen) atoms. The molecule has 13 aromatic rings. The molecule has 0 radical (unpaired) electrons. The van der Waals surface area contributed by atoms with Crippen LogP contribution in [0.5, 0.6) is 0 Å². The van der Waals surface area contributed by atoms with Crippen molar-refractivity contribution in [2.24, 2.45) is 0 Å². The highest BCUT2D eigenvalue weighted by molar-refractivity contribution is 7.20. The van der Waals surface area contributed by atoms with Gasteiger partial charge in [-0.25, -0.2) is 9.97 Å². The molecule has 0 aliphatic heterocycles. The highest BCUT2D eigenvalue weighted by Crippen LogP contribution is 2.48. The number of fused-ring (bicyclic) bond motifs is 7. The molecule has 0 bridgehead atoms. The lowest BCUT2D eigenvalue weighted by molar-refractivity contribution is 1.17. The summed E-state index contributed by atoms with van der Waals surface area (Å²) in [5, 5.41) is 4.85. The number of hydrogen-bond donors (Lipinski definition) is 0.